The van der Waals surface area contributed by atoms with Crippen LogP contribution >= 0.6 is 11.8 Å². The minimum Gasteiger partial charge on any atom is -0.323 e. The second-order valence-corrected chi connectivity index (χ2v) is 3.38. The molecule has 0 unspecified atom stereocenters. The van der Waals surface area contributed by atoms with E-state index >= 15 is 0 Å². The molecule has 0 spiro atoms. The van der Waals surface area contributed by atoms with E-state index in [1.165, 1.54) is 7.05 Å². The number of thioether (sulfide) groups is 1. The maximum absolute atomic E-state index is 10.5. The monoisotopic (exact) mass is 190 g/mol. The van der Waals surface area contributed by atoms with Crippen molar-refractivity contribution >= 4 is 22.9 Å². The van der Waals surface area contributed by atoms with Crippen molar-refractivity contribution in [1.82, 2.24) is 5.32 Å². The van der Waals surface area contributed by atoms with E-state index < -0.39 is 6.09 Å². The molecule has 0 aromatic carbocycles. The van der Waals surface area contributed by atoms with Crippen LogP contribution in [-0.2, 0) is 4.84 Å². The Kier molecular flexibility index (Phi) is 6.55. The van der Waals surface area contributed by atoms with Gasteiger partial charge in [0.15, 0.2) is 0 Å². The first kappa shape index (κ1) is 11.3. The SMILES string of the molecule is CCCSC(C)=NOC(=O)NC. The summed E-state index contributed by atoms with van der Waals surface area (Å²) in [7, 11) is 1.49. The zero-order valence-corrected chi connectivity index (χ0v) is 8.40. The lowest BCUT2D eigenvalue weighted by molar-refractivity contribution is 0.153. The number of rotatable bonds is 3. The summed E-state index contributed by atoms with van der Waals surface area (Å²) in [4.78, 5) is 15.0. The Morgan fingerprint density at radius 1 is 1.67 bits per heavy atom. The predicted octanol–water partition coefficient (Wildman–Crippen LogP) is 1.82. The maximum atomic E-state index is 10.5. The van der Waals surface area contributed by atoms with Crippen LogP contribution in [0.4, 0.5) is 4.79 Å². The van der Waals surface area contributed by atoms with Crippen molar-refractivity contribution in [3.05, 3.63) is 0 Å². The second kappa shape index (κ2) is 6.97. The van der Waals surface area contributed by atoms with E-state index in [0.29, 0.717) is 0 Å². The van der Waals surface area contributed by atoms with E-state index in [0.717, 1.165) is 17.2 Å². The molecule has 4 nitrogen and oxygen atoms in total. The van der Waals surface area contributed by atoms with Gasteiger partial charge in [-0.3, -0.25) is 4.84 Å². The molecule has 0 rings (SSSR count). The average Bonchev–Trinajstić information content (AvgIpc) is 2.10. The molecular formula is C7H14N2O2S. The van der Waals surface area contributed by atoms with E-state index in [-0.39, 0.29) is 0 Å². The van der Waals surface area contributed by atoms with Crippen LogP contribution in [0.2, 0.25) is 0 Å². The molecule has 0 aliphatic heterocycles. The summed E-state index contributed by atoms with van der Waals surface area (Å²) in [6.45, 7) is 3.89. The first-order chi connectivity index (χ1) is 5.70. The number of hydrogen-bond donors (Lipinski definition) is 1. The smallest absolute Gasteiger partial charge is 0.323 e. The van der Waals surface area contributed by atoms with Crippen LogP contribution in [0.5, 0.6) is 0 Å². The van der Waals surface area contributed by atoms with Crippen molar-refractivity contribution in [2.24, 2.45) is 5.16 Å². The Hall–Kier alpha value is -0.710. The topological polar surface area (TPSA) is 50.7 Å². The van der Waals surface area contributed by atoms with Crippen LogP contribution in [0.15, 0.2) is 5.16 Å². The van der Waals surface area contributed by atoms with Crippen LogP contribution in [0.1, 0.15) is 20.3 Å². The standard InChI is InChI=1S/C7H14N2O2S/c1-4-5-12-6(2)9-11-7(10)8-3/h4-5H2,1-3H3,(H,8,10). The molecule has 0 aromatic rings. The summed E-state index contributed by atoms with van der Waals surface area (Å²) in [6, 6.07) is 0. The highest BCUT2D eigenvalue weighted by atomic mass is 32.2. The highest BCUT2D eigenvalue weighted by Gasteiger charge is 1.96. The van der Waals surface area contributed by atoms with Gasteiger partial charge in [-0.05, 0) is 19.1 Å². The summed E-state index contributed by atoms with van der Waals surface area (Å²) in [5, 5.41) is 6.66. The largest absolute Gasteiger partial charge is 0.433 e. The lowest BCUT2D eigenvalue weighted by atomic mass is 10.6. The summed E-state index contributed by atoms with van der Waals surface area (Å²) >= 11 is 1.57. The van der Waals surface area contributed by atoms with Gasteiger partial charge in [-0.1, -0.05) is 12.1 Å². The minimum atomic E-state index is -0.536. The van der Waals surface area contributed by atoms with Crippen molar-refractivity contribution in [2.45, 2.75) is 20.3 Å². The van der Waals surface area contributed by atoms with Crippen LogP contribution in [0.3, 0.4) is 0 Å². The van der Waals surface area contributed by atoms with E-state index in [1.54, 1.807) is 11.8 Å². The fraction of sp³-hybridized carbons (Fsp3) is 0.714. The Morgan fingerprint density at radius 3 is 2.83 bits per heavy atom. The van der Waals surface area contributed by atoms with Gasteiger partial charge < -0.3 is 5.32 Å². The fourth-order valence-electron chi connectivity index (χ4n) is 0.427. The van der Waals surface area contributed by atoms with E-state index in [9.17, 15) is 4.79 Å². The highest BCUT2D eigenvalue weighted by Crippen LogP contribution is 2.05. The number of nitrogens with one attached hydrogen (secondary N) is 1. The number of carbonyl (C=O) groups is 1. The van der Waals surface area contributed by atoms with Gasteiger partial charge in [0.1, 0.15) is 5.04 Å². The molecule has 0 aliphatic carbocycles. The molecule has 0 radical (unpaired) electrons. The third-order valence-electron chi connectivity index (χ3n) is 0.976. The molecule has 5 heteroatoms. The third kappa shape index (κ3) is 6.03. The highest BCUT2D eigenvalue weighted by molar-refractivity contribution is 8.13. The van der Waals surface area contributed by atoms with E-state index in [2.05, 4.69) is 22.2 Å². The molecule has 0 bridgehead atoms. The summed E-state index contributed by atoms with van der Waals surface area (Å²) < 4.78 is 0. The minimum absolute atomic E-state index is 0.536. The maximum Gasteiger partial charge on any atom is 0.433 e. The van der Waals surface area contributed by atoms with Crippen LogP contribution in [0.25, 0.3) is 0 Å². The van der Waals surface area contributed by atoms with Gasteiger partial charge in [0, 0.05) is 7.05 Å². The van der Waals surface area contributed by atoms with E-state index in [1.807, 2.05) is 6.92 Å². The Labute approximate surface area is 76.7 Å². The molecule has 0 aromatic heterocycles. The number of amides is 1. The normalized spacial score (nSPS) is 11.1. The van der Waals surface area contributed by atoms with Crippen LogP contribution in [0, 0.1) is 0 Å². The first-order valence-electron chi connectivity index (χ1n) is 3.76. The van der Waals surface area contributed by atoms with Crippen molar-refractivity contribution in [3.8, 4) is 0 Å². The Bertz CT molecular complexity index is 171. The van der Waals surface area contributed by atoms with Gasteiger partial charge in [0.2, 0.25) is 0 Å². The van der Waals surface area contributed by atoms with Gasteiger partial charge >= 0.3 is 6.09 Å². The predicted molar refractivity (Wildman–Crippen MR) is 51.4 cm³/mol. The molecule has 0 fully saturated rings. The summed E-state index contributed by atoms with van der Waals surface area (Å²) in [5.41, 5.74) is 0. The molecule has 0 heterocycles. The number of oxime groups is 1. The van der Waals surface area contributed by atoms with Crippen molar-refractivity contribution in [3.63, 3.8) is 0 Å². The molecule has 1 N–H and O–H groups in total. The van der Waals surface area contributed by atoms with Crippen molar-refractivity contribution in [2.75, 3.05) is 12.8 Å². The molecule has 0 aliphatic rings. The van der Waals surface area contributed by atoms with Crippen LogP contribution in [-0.4, -0.2) is 23.9 Å². The van der Waals surface area contributed by atoms with Gasteiger partial charge in [-0.15, -0.1) is 11.8 Å². The molecule has 0 saturated heterocycles. The van der Waals surface area contributed by atoms with Crippen molar-refractivity contribution in [1.29, 1.82) is 0 Å². The quantitative estimate of drug-likeness (QED) is 0.319. The molecule has 70 valence electrons. The second-order valence-electron chi connectivity index (χ2n) is 2.09. The zero-order chi connectivity index (χ0) is 9.40. The third-order valence-corrected chi connectivity index (χ3v) is 2.08. The molecule has 12 heavy (non-hydrogen) atoms. The summed E-state index contributed by atoms with van der Waals surface area (Å²) in [6.07, 6.45) is 0.545. The zero-order valence-electron chi connectivity index (χ0n) is 7.59. The van der Waals surface area contributed by atoms with E-state index in [4.69, 9.17) is 0 Å². The number of carbonyl (C=O) groups excluding carboxylic acids is 1. The average molecular weight is 190 g/mol. The lowest BCUT2D eigenvalue weighted by Crippen LogP contribution is -2.17. The van der Waals surface area contributed by atoms with Gasteiger partial charge in [-0.25, -0.2) is 4.79 Å². The Morgan fingerprint density at radius 2 is 2.33 bits per heavy atom. The summed E-state index contributed by atoms with van der Waals surface area (Å²) in [5.74, 6) is 0.992. The van der Waals surface area contributed by atoms with Gasteiger partial charge in [-0.2, -0.15) is 0 Å². The molecule has 0 saturated carbocycles. The number of hydrogen-bond acceptors (Lipinski definition) is 4. The van der Waals surface area contributed by atoms with Gasteiger partial charge in [0.25, 0.3) is 0 Å². The lowest BCUT2D eigenvalue weighted by Gasteiger charge is -1.98. The van der Waals surface area contributed by atoms with Crippen molar-refractivity contribution < 1.29 is 9.63 Å². The number of nitrogens with zero attached hydrogens (tertiary/aromatic N) is 1. The van der Waals surface area contributed by atoms with Gasteiger partial charge in [0.05, 0.1) is 0 Å². The Balaban J connectivity index is 3.60. The first-order valence-corrected chi connectivity index (χ1v) is 4.75. The van der Waals surface area contributed by atoms with Crippen LogP contribution < -0.4 is 5.32 Å². The molecular weight excluding hydrogens is 176 g/mol. The molecule has 1 amide bonds. The molecule has 0 atom stereocenters. The fourth-order valence-corrected chi connectivity index (χ4v) is 1.02.